The van der Waals surface area contributed by atoms with Crippen LogP contribution in [0.1, 0.15) is 49.8 Å². The number of hydrogen-bond acceptors (Lipinski definition) is 1. The van der Waals surface area contributed by atoms with E-state index in [0.29, 0.717) is 6.04 Å². The quantitative estimate of drug-likeness (QED) is 0.752. The highest BCUT2D eigenvalue weighted by atomic mass is 15.0. The van der Waals surface area contributed by atoms with Gasteiger partial charge in [-0.05, 0) is 43.9 Å². The molecule has 0 saturated heterocycles. The van der Waals surface area contributed by atoms with Gasteiger partial charge in [0.05, 0.1) is 0 Å². The van der Waals surface area contributed by atoms with Gasteiger partial charge >= 0.3 is 0 Å². The molecule has 0 bridgehead atoms. The number of aryl methyl sites for hydroxylation is 2. The molecule has 84 valence electrons. The molecule has 0 amide bonds. The normalized spacial score (nSPS) is 21.1. The molecule has 1 heterocycles. The molecule has 2 nitrogen and oxygen atoms in total. The van der Waals surface area contributed by atoms with E-state index in [0.717, 1.165) is 6.54 Å². The van der Waals surface area contributed by atoms with Crippen LogP contribution in [0.25, 0.3) is 0 Å². The molecule has 0 aromatic carbocycles. The van der Waals surface area contributed by atoms with Crippen molar-refractivity contribution in [1.29, 1.82) is 0 Å². The molecule has 0 aliphatic heterocycles. The zero-order chi connectivity index (χ0) is 10.7. The third-order valence-electron chi connectivity index (χ3n) is 3.39. The lowest BCUT2D eigenvalue weighted by Gasteiger charge is -2.13. The van der Waals surface area contributed by atoms with Crippen molar-refractivity contribution in [3.8, 4) is 0 Å². The Morgan fingerprint density at radius 2 is 2.27 bits per heavy atom. The van der Waals surface area contributed by atoms with Crippen LogP contribution in [0.15, 0.2) is 12.4 Å². The third kappa shape index (κ3) is 2.25. The van der Waals surface area contributed by atoms with E-state index in [9.17, 15) is 0 Å². The highest BCUT2D eigenvalue weighted by Crippen LogP contribution is 2.29. The Balaban J connectivity index is 2.25. The van der Waals surface area contributed by atoms with Gasteiger partial charge in [-0.3, -0.25) is 0 Å². The smallest absolute Gasteiger partial charge is 0.0335 e. The van der Waals surface area contributed by atoms with Crippen molar-refractivity contribution < 1.29 is 0 Å². The molecule has 0 fully saturated rings. The Hall–Kier alpha value is -0.760. The lowest BCUT2D eigenvalue weighted by atomic mass is 10.1. The van der Waals surface area contributed by atoms with Gasteiger partial charge in [-0.25, -0.2) is 0 Å². The first-order valence-corrected chi connectivity index (χ1v) is 6.21. The van der Waals surface area contributed by atoms with Crippen molar-refractivity contribution in [3.63, 3.8) is 0 Å². The molecule has 1 aromatic heterocycles. The first-order valence-electron chi connectivity index (χ1n) is 6.21. The van der Waals surface area contributed by atoms with Gasteiger partial charge in [0.1, 0.15) is 0 Å². The number of aromatic nitrogens is 1. The second-order valence-electron chi connectivity index (χ2n) is 4.56. The van der Waals surface area contributed by atoms with Crippen LogP contribution < -0.4 is 5.32 Å². The zero-order valence-electron chi connectivity index (χ0n) is 9.92. The third-order valence-corrected chi connectivity index (χ3v) is 3.39. The molecule has 1 atom stereocenters. The molecule has 15 heavy (non-hydrogen) atoms. The molecule has 1 N–H and O–H groups in total. The SMILES string of the molecule is CCCn1cc2c(c1)C(NC)CCCC2. The molecule has 1 aliphatic rings. The van der Waals surface area contributed by atoms with E-state index in [-0.39, 0.29) is 0 Å². The summed E-state index contributed by atoms with van der Waals surface area (Å²) in [4.78, 5) is 0. The second kappa shape index (κ2) is 4.84. The number of nitrogens with zero attached hydrogens (tertiary/aromatic N) is 1. The lowest BCUT2D eigenvalue weighted by molar-refractivity contribution is 0.529. The van der Waals surface area contributed by atoms with Gasteiger partial charge in [-0.15, -0.1) is 0 Å². The molecule has 0 spiro atoms. The summed E-state index contributed by atoms with van der Waals surface area (Å²) in [6.07, 6.45) is 11.2. The molecule has 2 rings (SSSR count). The number of fused-ring (bicyclic) bond motifs is 1. The second-order valence-corrected chi connectivity index (χ2v) is 4.56. The Morgan fingerprint density at radius 3 is 3.00 bits per heavy atom. The standard InChI is InChI=1S/C13H22N2/c1-3-8-15-9-11-6-4-5-7-13(14-2)12(11)10-15/h9-10,13-14H,3-8H2,1-2H3. The van der Waals surface area contributed by atoms with Crippen molar-refractivity contribution in [2.24, 2.45) is 0 Å². The van der Waals surface area contributed by atoms with Crippen LogP contribution in [0.3, 0.4) is 0 Å². The van der Waals surface area contributed by atoms with Gasteiger partial charge in [0.15, 0.2) is 0 Å². The molecular weight excluding hydrogens is 184 g/mol. The summed E-state index contributed by atoms with van der Waals surface area (Å²) in [7, 11) is 2.08. The van der Waals surface area contributed by atoms with Crippen LogP contribution in [0, 0.1) is 0 Å². The average molecular weight is 206 g/mol. The predicted octanol–water partition coefficient (Wildman–Crippen LogP) is 2.89. The fraction of sp³-hybridized carbons (Fsp3) is 0.692. The minimum Gasteiger partial charge on any atom is -0.354 e. The first-order chi connectivity index (χ1) is 7.35. The molecule has 1 aliphatic carbocycles. The van der Waals surface area contributed by atoms with Gasteiger partial charge in [0.25, 0.3) is 0 Å². The van der Waals surface area contributed by atoms with Crippen molar-refractivity contribution in [1.82, 2.24) is 9.88 Å². The fourth-order valence-electron chi connectivity index (χ4n) is 2.60. The molecule has 2 heteroatoms. The summed E-state index contributed by atoms with van der Waals surface area (Å²) < 4.78 is 2.36. The van der Waals surface area contributed by atoms with E-state index in [1.807, 2.05) is 0 Å². The molecule has 1 aromatic rings. The summed E-state index contributed by atoms with van der Waals surface area (Å²) in [6, 6.07) is 0.584. The minimum absolute atomic E-state index is 0.584. The van der Waals surface area contributed by atoms with Crippen molar-refractivity contribution in [2.45, 2.75) is 51.6 Å². The largest absolute Gasteiger partial charge is 0.354 e. The Kier molecular flexibility index (Phi) is 3.47. The van der Waals surface area contributed by atoms with E-state index in [4.69, 9.17) is 0 Å². The number of rotatable bonds is 3. The zero-order valence-corrected chi connectivity index (χ0v) is 9.92. The highest BCUT2D eigenvalue weighted by molar-refractivity contribution is 5.29. The Morgan fingerprint density at radius 1 is 1.40 bits per heavy atom. The van der Waals surface area contributed by atoms with Crippen LogP contribution in [-0.2, 0) is 13.0 Å². The Bertz CT molecular complexity index is 314. The molecular formula is C13H22N2. The van der Waals surface area contributed by atoms with Crippen molar-refractivity contribution in [3.05, 3.63) is 23.5 Å². The first kappa shape index (κ1) is 10.7. The highest BCUT2D eigenvalue weighted by Gasteiger charge is 2.18. The van der Waals surface area contributed by atoms with Gasteiger partial charge < -0.3 is 9.88 Å². The van der Waals surface area contributed by atoms with Gasteiger partial charge in [-0.2, -0.15) is 0 Å². The van der Waals surface area contributed by atoms with E-state index < -0.39 is 0 Å². The van der Waals surface area contributed by atoms with Crippen molar-refractivity contribution in [2.75, 3.05) is 7.05 Å². The van der Waals surface area contributed by atoms with E-state index in [2.05, 4.69) is 36.2 Å². The maximum absolute atomic E-state index is 3.44. The maximum atomic E-state index is 3.44. The van der Waals surface area contributed by atoms with Gasteiger partial charge in [0.2, 0.25) is 0 Å². The van der Waals surface area contributed by atoms with Crippen LogP contribution in [0.4, 0.5) is 0 Å². The molecule has 1 unspecified atom stereocenters. The fourth-order valence-corrected chi connectivity index (χ4v) is 2.60. The monoisotopic (exact) mass is 206 g/mol. The summed E-state index contributed by atoms with van der Waals surface area (Å²) in [5, 5.41) is 3.44. The number of hydrogen-bond donors (Lipinski definition) is 1. The van der Waals surface area contributed by atoms with Gasteiger partial charge in [-0.1, -0.05) is 13.3 Å². The van der Waals surface area contributed by atoms with Crippen LogP contribution in [0.2, 0.25) is 0 Å². The topological polar surface area (TPSA) is 17.0 Å². The number of nitrogens with one attached hydrogen (secondary N) is 1. The van der Waals surface area contributed by atoms with Crippen LogP contribution in [0.5, 0.6) is 0 Å². The van der Waals surface area contributed by atoms with Gasteiger partial charge in [0, 0.05) is 25.0 Å². The average Bonchev–Trinajstić information content (AvgIpc) is 2.53. The Labute approximate surface area is 92.7 Å². The van der Waals surface area contributed by atoms with E-state index >= 15 is 0 Å². The summed E-state index contributed by atoms with van der Waals surface area (Å²) in [5.41, 5.74) is 3.11. The van der Waals surface area contributed by atoms with E-state index in [1.165, 1.54) is 32.1 Å². The lowest BCUT2D eigenvalue weighted by Crippen LogP contribution is -2.15. The van der Waals surface area contributed by atoms with Crippen LogP contribution >= 0.6 is 0 Å². The van der Waals surface area contributed by atoms with E-state index in [1.54, 1.807) is 11.1 Å². The molecule has 0 saturated carbocycles. The summed E-state index contributed by atoms with van der Waals surface area (Å²) in [5.74, 6) is 0. The van der Waals surface area contributed by atoms with Crippen LogP contribution in [-0.4, -0.2) is 11.6 Å². The summed E-state index contributed by atoms with van der Waals surface area (Å²) >= 11 is 0. The maximum Gasteiger partial charge on any atom is 0.0335 e. The summed E-state index contributed by atoms with van der Waals surface area (Å²) in [6.45, 7) is 3.39. The predicted molar refractivity (Wildman–Crippen MR) is 64.1 cm³/mol. The molecule has 0 radical (unpaired) electrons. The van der Waals surface area contributed by atoms with Crippen molar-refractivity contribution >= 4 is 0 Å². The minimum atomic E-state index is 0.584.